The minimum atomic E-state index is 0.349. The smallest absolute Gasteiger partial charge is 0.0910 e. The highest BCUT2D eigenvalue weighted by Gasteiger charge is 2.20. The van der Waals surface area contributed by atoms with Crippen molar-refractivity contribution in [3.8, 4) is 0 Å². The van der Waals surface area contributed by atoms with E-state index >= 15 is 0 Å². The van der Waals surface area contributed by atoms with Crippen LogP contribution in [0.4, 0.5) is 0 Å². The van der Waals surface area contributed by atoms with Crippen LogP contribution in [0.3, 0.4) is 0 Å². The van der Waals surface area contributed by atoms with E-state index in [1.54, 1.807) is 0 Å². The number of hydrogen-bond acceptors (Lipinski definition) is 3. The molecule has 0 aromatic heterocycles. The van der Waals surface area contributed by atoms with Gasteiger partial charge in [-0.1, -0.05) is 6.08 Å². The molecule has 1 fully saturated rings. The Morgan fingerprint density at radius 2 is 2.54 bits per heavy atom. The van der Waals surface area contributed by atoms with Crippen LogP contribution < -0.4 is 5.32 Å². The molecule has 2 heterocycles. The lowest BCUT2D eigenvalue weighted by Crippen LogP contribution is -2.41. The largest absolute Gasteiger partial charge is 0.371 e. The molecule has 13 heavy (non-hydrogen) atoms. The summed E-state index contributed by atoms with van der Waals surface area (Å²) >= 11 is 0. The number of likely N-dealkylation sites (N-methyl/N-ethyl adjacent to an activating group) is 1. The van der Waals surface area contributed by atoms with Crippen molar-refractivity contribution in [3.05, 3.63) is 11.6 Å². The van der Waals surface area contributed by atoms with Crippen molar-refractivity contribution in [2.75, 3.05) is 39.8 Å². The van der Waals surface area contributed by atoms with E-state index in [0.717, 1.165) is 26.2 Å². The van der Waals surface area contributed by atoms with Crippen molar-refractivity contribution in [1.82, 2.24) is 10.2 Å². The zero-order valence-corrected chi connectivity index (χ0v) is 8.25. The molecule has 2 aliphatic rings. The molecule has 0 aliphatic carbocycles. The molecule has 2 rings (SSSR count). The molecule has 0 saturated carbocycles. The molecule has 1 N–H and O–H groups in total. The summed E-state index contributed by atoms with van der Waals surface area (Å²) in [5, 5.41) is 3.36. The lowest BCUT2D eigenvalue weighted by molar-refractivity contribution is 0.0476. The second kappa shape index (κ2) is 4.22. The third-order valence-electron chi connectivity index (χ3n) is 2.79. The fourth-order valence-electron chi connectivity index (χ4n) is 1.88. The maximum Gasteiger partial charge on any atom is 0.0910 e. The number of nitrogens with one attached hydrogen (secondary N) is 1. The highest BCUT2D eigenvalue weighted by molar-refractivity contribution is 5.13. The predicted molar refractivity (Wildman–Crippen MR) is 52.8 cm³/mol. The van der Waals surface area contributed by atoms with E-state index in [-0.39, 0.29) is 0 Å². The Bertz CT molecular complexity index is 197. The van der Waals surface area contributed by atoms with E-state index in [0.29, 0.717) is 6.10 Å². The van der Waals surface area contributed by atoms with Crippen LogP contribution in [0.15, 0.2) is 11.6 Å². The SMILES string of the molecule is CN1CC=C(C2CNCCO2)CC1. The van der Waals surface area contributed by atoms with Crippen LogP contribution in [-0.2, 0) is 4.74 Å². The number of nitrogens with zero attached hydrogens (tertiary/aromatic N) is 1. The van der Waals surface area contributed by atoms with Gasteiger partial charge in [-0.05, 0) is 19.0 Å². The van der Waals surface area contributed by atoms with Gasteiger partial charge in [0, 0.05) is 26.2 Å². The first kappa shape index (κ1) is 9.19. The van der Waals surface area contributed by atoms with Gasteiger partial charge in [0.15, 0.2) is 0 Å². The summed E-state index contributed by atoms with van der Waals surface area (Å²) in [6.07, 6.45) is 3.84. The van der Waals surface area contributed by atoms with Gasteiger partial charge in [-0.2, -0.15) is 0 Å². The minimum absolute atomic E-state index is 0.349. The van der Waals surface area contributed by atoms with E-state index in [4.69, 9.17) is 4.74 Å². The molecule has 0 radical (unpaired) electrons. The summed E-state index contributed by atoms with van der Waals surface area (Å²) in [5.41, 5.74) is 1.49. The molecular weight excluding hydrogens is 164 g/mol. The lowest BCUT2D eigenvalue weighted by Gasteiger charge is -2.30. The zero-order valence-electron chi connectivity index (χ0n) is 8.25. The van der Waals surface area contributed by atoms with E-state index in [1.807, 2.05) is 0 Å². The van der Waals surface area contributed by atoms with E-state index < -0.39 is 0 Å². The monoisotopic (exact) mass is 182 g/mol. The summed E-state index contributed by atoms with van der Waals surface area (Å²) in [7, 11) is 2.16. The van der Waals surface area contributed by atoms with Crippen LogP contribution in [0.2, 0.25) is 0 Å². The summed E-state index contributed by atoms with van der Waals surface area (Å²) in [5.74, 6) is 0. The first-order chi connectivity index (χ1) is 6.36. The summed E-state index contributed by atoms with van der Waals surface area (Å²) in [6.45, 7) is 5.11. The maximum absolute atomic E-state index is 5.70. The molecule has 0 amide bonds. The number of morpholine rings is 1. The second-order valence-electron chi connectivity index (χ2n) is 3.85. The summed E-state index contributed by atoms with van der Waals surface area (Å²) in [6, 6.07) is 0. The van der Waals surface area contributed by atoms with E-state index in [9.17, 15) is 0 Å². The quantitative estimate of drug-likeness (QED) is 0.588. The first-order valence-electron chi connectivity index (χ1n) is 5.06. The molecule has 74 valence electrons. The third kappa shape index (κ3) is 2.30. The van der Waals surface area contributed by atoms with Crippen LogP contribution in [-0.4, -0.2) is 50.8 Å². The molecule has 0 bridgehead atoms. The van der Waals surface area contributed by atoms with Crippen LogP contribution in [0.5, 0.6) is 0 Å². The molecule has 1 unspecified atom stereocenters. The molecule has 1 atom stereocenters. The van der Waals surface area contributed by atoms with Crippen molar-refractivity contribution in [2.45, 2.75) is 12.5 Å². The minimum Gasteiger partial charge on any atom is -0.371 e. The van der Waals surface area contributed by atoms with Crippen LogP contribution in [0, 0.1) is 0 Å². The summed E-state index contributed by atoms with van der Waals surface area (Å²) < 4.78 is 5.70. The fourth-order valence-corrected chi connectivity index (χ4v) is 1.88. The molecular formula is C10H18N2O. The van der Waals surface area contributed by atoms with Crippen LogP contribution in [0.1, 0.15) is 6.42 Å². The van der Waals surface area contributed by atoms with Gasteiger partial charge >= 0.3 is 0 Å². The third-order valence-corrected chi connectivity index (χ3v) is 2.79. The van der Waals surface area contributed by atoms with Gasteiger partial charge in [0.1, 0.15) is 0 Å². The van der Waals surface area contributed by atoms with Crippen molar-refractivity contribution in [2.24, 2.45) is 0 Å². The Morgan fingerprint density at radius 1 is 1.62 bits per heavy atom. The Morgan fingerprint density at radius 3 is 3.15 bits per heavy atom. The number of ether oxygens (including phenoxy) is 1. The molecule has 1 saturated heterocycles. The number of rotatable bonds is 1. The van der Waals surface area contributed by atoms with Gasteiger partial charge in [-0.3, -0.25) is 0 Å². The van der Waals surface area contributed by atoms with Gasteiger partial charge in [0.05, 0.1) is 12.7 Å². The van der Waals surface area contributed by atoms with Gasteiger partial charge in [-0.15, -0.1) is 0 Å². The highest BCUT2D eigenvalue weighted by Crippen LogP contribution is 2.16. The maximum atomic E-state index is 5.70. The standard InChI is InChI=1S/C10H18N2O/c1-12-5-2-9(3-6-12)10-8-11-4-7-13-10/h2,10-11H,3-8H2,1H3. The van der Waals surface area contributed by atoms with Gasteiger partial charge in [0.2, 0.25) is 0 Å². The van der Waals surface area contributed by atoms with Crippen LogP contribution in [0.25, 0.3) is 0 Å². The lowest BCUT2D eigenvalue weighted by atomic mass is 10.0. The van der Waals surface area contributed by atoms with Crippen molar-refractivity contribution < 1.29 is 4.74 Å². The van der Waals surface area contributed by atoms with E-state index in [1.165, 1.54) is 18.5 Å². The normalized spacial score (nSPS) is 31.5. The van der Waals surface area contributed by atoms with Gasteiger partial charge in [-0.25, -0.2) is 0 Å². The molecule has 3 nitrogen and oxygen atoms in total. The molecule has 0 aromatic carbocycles. The van der Waals surface area contributed by atoms with Crippen molar-refractivity contribution >= 4 is 0 Å². The first-order valence-corrected chi connectivity index (χ1v) is 5.06. The fraction of sp³-hybridized carbons (Fsp3) is 0.800. The van der Waals surface area contributed by atoms with Crippen LogP contribution >= 0.6 is 0 Å². The van der Waals surface area contributed by atoms with Gasteiger partial charge < -0.3 is 15.0 Å². The zero-order chi connectivity index (χ0) is 9.10. The Kier molecular flexibility index (Phi) is 2.98. The average molecular weight is 182 g/mol. The predicted octanol–water partition coefficient (Wildman–Crippen LogP) is 0.237. The molecule has 0 aromatic rings. The van der Waals surface area contributed by atoms with Crippen molar-refractivity contribution in [3.63, 3.8) is 0 Å². The Labute approximate surface area is 79.7 Å². The molecule has 0 spiro atoms. The Balaban J connectivity index is 1.92. The van der Waals surface area contributed by atoms with Crippen molar-refractivity contribution in [1.29, 1.82) is 0 Å². The average Bonchev–Trinajstić information content (AvgIpc) is 2.20. The van der Waals surface area contributed by atoms with E-state index in [2.05, 4.69) is 23.3 Å². The topological polar surface area (TPSA) is 24.5 Å². The van der Waals surface area contributed by atoms with Gasteiger partial charge in [0.25, 0.3) is 0 Å². The number of hydrogen-bond donors (Lipinski definition) is 1. The molecule has 2 aliphatic heterocycles. The second-order valence-corrected chi connectivity index (χ2v) is 3.85. The molecule has 3 heteroatoms. The highest BCUT2D eigenvalue weighted by atomic mass is 16.5. The Hall–Kier alpha value is -0.380. The summed E-state index contributed by atoms with van der Waals surface area (Å²) in [4.78, 5) is 2.33.